The van der Waals surface area contributed by atoms with Crippen LogP contribution in [0.5, 0.6) is 0 Å². The first kappa shape index (κ1) is 14.6. The van der Waals surface area contributed by atoms with E-state index in [2.05, 4.69) is 29.2 Å². The summed E-state index contributed by atoms with van der Waals surface area (Å²) in [7, 11) is 0. The summed E-state index contributed by atoms with van der Waals surface area (Å²) in [4.78, 5) is 14.6. The fourth-order valence-electron chi connectivity index (χ4n) is 3.45. The van der Waals surface area contributed by atoms with Gasteiger partial charge in [0.05, 0.1) is 0 Å². The standard InChI is InChI=1S/C18H26N2O/c19-17(15-9-10-15)13-18(21)20-12-4-7-16(20)11-8-14-5-2-1-3-6-14/h1-3,5-6,15-17H,4,7-13,19H2/t16-,17-/m0/s1. The lowest BCUT2D eigenvalue weighted by Crippen LogP contribution is -2.39. The summed E-state index contributed by atoms with van der Waals surface area (Å²) < 4.78 is 0. The zero-order valence-corrected chi connectivity index (χ0v) is 12.7. The highest BCUT2D eigenvalue weighted by molar-refractivity contribution is 5.77. The molecule has 1 saturated heterocycles. The molecule has 1 aliphatic heterocycles. The number of benzene rings is 1. The van der Waals surface area contributed by atoms with Crippen molar-refractivity contribution >= 4 is 5.91 Å². The number of nitrogens with two attached hydrogens (primary N) is 1. The van der Waals surface area contributed by atoms with Gasteiger partial charge in [0.15, 0.2) is 0 Å². The first-order chi connectivity index (χ1) is 10.2. The van der Waals surface area contributed by atoms with Gasteiger partial charge in [-0.2, -0.15) is 0 Å². The van der Waals surface area contributed by atoms with Crippen molar-refractivity contribution in [1.82, 2.24) is 4.90 Å². The minimum atomic E-state index is 0.0906. The number of likely N-dealkylation sites (tertiary alicyclic amines) is 1. The lowest BCUT2D eigenvalue weighted by Gasteiger charge is -2.26. The second-order valence-electron chi connectivity index (χ2n) is 6.61. The van der Waals surface area contributed by atoms with Crippen molar-refractivity contribution in [3.05, 3.63) is 35.9 Å². The van der Waals surface area contributed by atoms with Crippen molar-refractivity contribution in [3.8, 4) is 0 Å². The predicted octanol–water partition coefficient (Wildman–Crippen LogP) is 2.74. The zero-order chi connectivity index (χ0) is 14.7. The monoisotopic (exact) mass is 286 g/mol. The van der Waals surface area contributed by atoms with Crippen LogP contribution in [0.3, 0.4) is 0 Å². The Morgan fingerprint density at radius 1 is 1.24 bits per heavy atom. The summed E-state index contributed by atoms with van der Waals surface area (Å²) in [5.74, 6) is 0.893. The Morgan fingerprint density at radius 3 is 2.71 bits per heavy atom. The Labute approximate surface area is 127 Å². The highest BCUT2D eigenvalue weighted by Gasteiger charge is 2.34. The van der Waals surface area contributed by atoms with E-state index in [1.807, 2.05) is 6.07 Å². The van der Waals surface area contributed by atoms with Crippen LogP contribution in [0.2, 0.25) is 0 Å². The van der Waals surface area contributed by atoms with Crippen LogP contribution in [-0.4, -0.2) is 29.4 Å². The average Bonchev–Trinajstić information content (AvgIpc) is 3.25. The van der Waals surface area contributed by atoms with Gasteiger partial charge in [-0.05, 0) is 50.0 Å². The van der Waals surface area contributed by atoms with Crippen LogP contribution in [0, 0.1) is 5.92 Å². The smallest absolute Gasteiger partial charge is 0.224 e. The molecule has 0 aromatic heterocycles. The normalized spacial score (nSPS) is 23.3. The van der Waals surface area contributed by atoms with Gasteiger partial charge in [0, 0.05) is 25.0 Å². The number of hydrogen-bond acceptors (Lipinski definition) is 2. The van der Waals surface area contributed by atoms with E-state index in [1.54, 1.807) is 0 Å². The molecule has 1 aromatic carbocycles. The number of carbonyl (C=O) groups is 1. The Morgan fingerprint density at radius 2 is 2.00 bits per heavy atom. The van der Waals surface area contributed by atoms with E-state index in [-0.39, 0.29) is 11.9 Å². The van der Waals surface area contributed by atoms with Gasteiger partial charge in [-0.1, -0.05) is 30.3 Å². The van der Waals surface area contributed by atoms with Crippen molar-refractivity contribution in [2.45, 2.75) is 57.0 Å². The Kier molecular flexibility index (Phi) is 4.59. The number of carbonyl (C=O) groups excluding carboxylic acids is 1. The SMILES string of the molecule is N[C@@H](CC(=O)N1CCC[C@H]1CCc1ccccc1)C1CC1. The minimum Gasteiger partial charge on any atom is -0.340 e. The largest absolute Gasteiger partial charge is 0.340 e. The summed E-state index contributed by atoms with van der Waals surface area (Å²) in [6.07, 6.45) is 7.41. The van der Waals surface area contributed by atoms with Gasteiger partial charge in [0.1, 0.15) is 0 Å². The topological polar surface area (TPSA) is 46.3 Å². The van der Waals surface area contributed by atoms with E-state index in [1.165, 1.54) is 18.4 Å². The quantitative estimate of drug-likeness (QED) is 0.874. The van der Waals surface area contributed by atoms with Crippen LogP contribution in [0.4, 0.5) is 0 Å². The molecule has 1 saturated carbocycles. The number of aryl methyl sites for hydroxylation is 1. The van der Waals surface area contributed by atoms with Gasteiger partial charge in [-0.3, -0.25) is 4.79 Å². The molecule has 0 bridgehead atoms. The van der Waals surface area contributed by atoms with Crippen LogP contribution in [0.25, 0.3) is 0 Å². The molecule has 2 N–H and O–H groups in total. The maximum Gasteiger partial charge on any atom is 0.224 e. The van der Waals surface area contributed by atoms with E-state index < -0.39 is 0 Å². The van der Waals surface area contributed by atoms with Crippen molar-refractivity contribution in [1.29, 1.82) is 0 Å². The van der Waals surface area contributed by atoms with Crippen LogP contribution in [0.1, 0.15) is 44.1 Å². The summed E-state index contributed by atoms with van der Waals surface area (Å²) in [5, 5.41) is 0. The minimum absolute atomic E-state index is 0.0906. The molecule has 2 aliphatic rings. The fourth-order valence-corrected chi connectivity index (χ4v) is 3.45. The molecule has 3 heteroatoms. The lowest BCUT2D eigenvalue weighted by molar-refractivity contribution is -0.132. The third-order valence-corrected chi connectivity index (χ3v) is 4.94. The van der Waals surface area contributed by atoms with Gasteiger partial charge in [-0.25, -0.2) is 0 Å². The second-order valence-corrected chi connectivity index (χ2v) is 6.61. The molecule has 2 fully saturated rings. The second kappa shape index (κ2) is 6.61. The molecule has 21 heavy (non-hydrogen) atoms. The summed E-state index contributed by atoms with van der Waals surface area (Å²) in [5.41, 5.74) is 7.48. The number of rotatable bonds is 6. The molecule has 0 radical (unpaired) electrons. The zero-order valence-electron chi connectivity index (χ0n) is 12.7. The molecule has 1 aromatic rings. The molecule has 1 heterocycles. The maximum atomic E-state index is 12.5. The number of nitrogens with zero attached hydrogens (tertiary/aromatic N) is 1. The highest BCUT2D eigenvalue weighted by atomic mass is 16.2. The third kappa shape index (κ3) is 3.85. The molecular weight excluding hydrogens is 260 g/mol. The van der Waals surface area contributed by atoms with Gasteiger partial charge >= 0.3 is 0 Å². The van der Waals surface area contributed by atoms with Crippen molar-refractivity contribution in [2.24, 2.45) is 11.7 Å². The first-order valence-electron chi connectivity index (χ1n) is 8.33. The van der Waals surface area contributed by atoms with Crippen LogP contribution in [-0.2, 0) is 11.2 Å². The molecule has 1 aliphatic carbocycles. The molecule has 0 unspecified atom stereocenters. The van der Waals surface area contributed by atoms with E-state index in [0.29, 0.717) is 18.4 Å². The van der Waals surface area contributed by atoms with Crippen molar-refractivity contribution in [2.75, 3.05) is 6.54 Å². The van der Waals surface area contributed by atoms with Gasteiger partial charge in [-0.15, -0.1) is 0 Å². The summed E-state index contributed by atoms with van der Waals surface area (Å²) >= 11 is 0. The Bertz CT molecular complexity index is 469. The molecule has 1 amide bonds. The predicted molar refractivity (Wildman–Crippen MR) is 84.8 cm³/mol. The molecule has 0 spiro atoms. The fraction of sp³-hybridized carbons (Fsp3) is 0.611. The maximum absolute atomic E-state index is 12.5. The number of hydrogen-bond donors (Lipinski definition) is 1. The van der Waals surface area contributed by atoms with E-state index in [0.717, 1.165) is 32.2 Å². The lowest BCUT2D eigenvalue weighted by atomic mass is 10.0. The third-order valence-electron chi connectivity index (χ3n) is 4.94. The van der Waals surface area contributed by atoms with Crippen LogP contribution in [0.15, 0.2) is 30.3 Å². The molecule has 2 atom stereocenters. The molecular formula is C18H26N2O. The van der Waals surface area contributed by atoms with Crippen LogP contribution < -0.4 is 5.73 Å². The van der Waals surface area contributed by atoms with E-state index in [4.69, 9.17) is 5.73 Å². The van der Waals surface area contributed by atoms with Gasteiger partial charge < -0.3 is 10.6 Å². The highest BCUT2D eigenvalue weighted by Crippen LogP contribution is 2.33. The molecule has 3 rings (SSSR count). The van der Waals surface area contributed by atoms with Crippen molar-refractivity contribution < 1.29 is 4.79 Å². The summed E-state index contributed by atoms with van der Waals surface area (Å²) in [6.45, 7) is 0.926. The average molecular weight is 286 g/mol. The van der Waals surface area contributed by atoms with E-state index >= 15 is 0 Å². The van der Waals surface area contributed by atoms with E-state index in [9.17, 15) is 4.79 Å². The Balaban J connectivity index is 1.51. The molecule has 114 valence electrons. The number of amides is 1. The van der Waals surface area contributed by atoms with Crippen molar-refractivity contribution in [3.63, 3.8) is 0 Å². The first-order valence-corrected chi connectivity index (χ1v) is 8.33. The molecule has 3 nitrogen and oxygen atoms in total. The van der Waals surface area contributed by atoms with Gasteiger partial charge in [0.25, 0.3) is 0 Å². The summed E-state index contributed by atoms with van der Waals surface area (Å²) in [6, 6.07) is 11.1. The van der Waals surface area contributed by atoms with Crippen LogP contribution >= 0.6 is 0 Å². The van der Waals surface area contributed by atoms with Gasteiger partial charge in [0.2, 0.25) is 5.91 Å². The Hall–Kier alpha value is -1.35.